The second-order valence-electron chi connectivity index (χ2n) is 21.9. The summed E-state index contributed by atoms with van der Waals surface area (Å²) in [6.45, 7) is -0.791. The van der Waals surface area contributed by atoms with E-state index in [1.807, 2.05) is 26.6 Å². The first-order valence-corrected chi connectivity index (χ1v) is 33.9. The molecule has 564 valence electrons. The number of unbranched alkanes of at least 4 members (excludes halogenated alkanes) is 1. The van der Waals surface area contributed by atoms with Crippen LogP contribution in [0.1, 0.15) is 104 Å². The van der Waals surface area contributed by atoms with E-state index in [4.69, 9.17) is 28.0 Å². The van der Waals surface area contributed by atoms with Crippen molar-refractivity contribution in [3.05, 3.63) is 0 Å². The summed E-state index contributed by atoms with van der Waals surface area (Å²) in [5.41, 5.74) is 21.7. The van der Waals surface area contributed by atoms with Gasteiger partial charge in [-0.05, 0) is 70.8 Å². The summed E-state index contributed by atoms with van der Waals surface area (Å²) in [5.74, 6) is -24.6. The molecule has 0 aromatic rings. The number of nitrogens with two attached hydrogens (primary N) is 4. The Kier molecular flexibility index (Phi) is 40.3. The van der Waals surface area contributed by atoms with Crippen LogP contribution in [0.5, 0.6) is 0 Å². The van der Waals surface area contributed by atoms with Crippen molar-refractivity contribution in [1.82, 2.24) is 53.2 Å². The molecule has 0 saturated carbocycles. The predicted molar refractivity (Wildman–Crippen MR) is 326 cm³/mol. The SMILES string of the molecule is CC(C)C[C@H](NC(=O)[C@H](CCC(N)=O)NC(=O)[C@@H](N)CCC(=O)O)C(=O)N[C@@H](COP(=O)(O)O)C(=O)N[C@H](C(=O)N[C@@H](COP(=O)(O)O)C(=O)N[C@@H](CCC(=O)O)C(=O)N[C@@H](CCC(=O)O)C(=O)N[C@@H](CC(N)=O)C(=O)N[C@@H](CO)C(=O)N[C@@H](CCCCN)C(=O)O)[C@@H](C)OP(=O)(O)O. The second-order valence-corrected chi connectivity index (χ2v) is 25.6. The molecule has 0 spiro atoms. The van der Waals surface area contributed by atoms with Gasteiger partial charge in [0.15, 0.2) is 0 Å². The van der Waals surface area contributed by atoms with Crippen LogP contribution in [-0.4, -0.2) is 249 Å². The third-order valence-electron chi connectivity index (χ3n) is 13.1. The molecule has 0 saturated heterocycles. The number of primary amides is 2. The minimum atomic E-state index is -5.82. The average Bonchev–Trinajstić information content (AvgIpc) is 0.850. The van der Waals surface area contributed by atoms with Gasteiger partial charge in [-0.2, -0.15) is 0 Å². The lowest BCUT2D eigenvalue weighted by Gasteiger charge is -2.30. The summed E-state index contributed by atoms with van der Waals surface area (Å²) in [4.78, 5) is 266. The van der Waals surface area contributed by atoms with Crippen LogP contribution in [0.25, 0.3) is 0 Å². The van der Waals surface area contributed by atoms with Gasteiger partial charge in [0.05, 0.1) is 38.4 Å². The van der Waals surface area contributed by atoms with Gasteiger partial charge in [0, 0.05) is 25.7 Å². The maximum absolute atomic E-state index is 14.3. The Morgan fingerprint density at radius 1 is 0.404 bits per heavy atom. The van der Waals surface area contributed by atoms with Gasteiger partial charge < -0.3 is 131 Å². The number of phosphoric acid groups is 3. The topological polar surface area (TPSA) is 799 Å². The van der Waals surface area contributed by atoms with Crippen molar-refractivity contribution in [3.63, 3.8) is 0 Å². The molecule has 0 aliphatic heterocycles. The van der Waals surface area contributed by atoms with E-state index < -0.39 is 281 Å². The van der Waals surface area contributed by atoms with E-state index in [1.54, 1.807) is 10.6 Å². The van der Waals surface area contributed by atoms with Crippen molar-refractivity contribution < 1.29 is 159 Å². The highest BCUT2D eigenvalue weighted by molar-refractivity contribution is 7.46. The molecule has 12 amide bonds. The normalized spacial score (nSPS) is 15.3. The predicted octanol–water partition coefficient (Wildman–Crippen LogP) is -10.1. The molecule has 0 bridgehead atoms. The molecule has 47 nitrogen and oxygen atoms in total. The Morgan fingerprint density at radius 2 is 0.758 bits per heavy atom. The third-order valence-corrected chi connectivity index (χ3v) is 14.6. The van der Waals surface area contributed by atoms with Crippen molar-refractivity contribution >= 4 is 118 Å². The molecule has 0 radical (unpaired) electrons. The summed E-state index contributed by atoms with van der Waals surface area (Å²) in [7, 11) is -17.3. The second kappa shape index (κ2) is 44.0. The monoisotopic (exact) mass is 1490 g/mol. The zero-order valence-electron chi connectivity index (χ0n) is 53.1. The van der Waals surface area contributed by atoms with Crippen molar-refractivity contribution in [2.45, 2.75) is 177 Å². The molecule has 29 N–H and O–H groups in total. The molecule has 0 aliphatic carbocycles. The van der Waals surface area contributed by atoms with Gasteiger partial charge in [-0.15, -0.1) is 0 Å². The number of phosphoric ester groups is 3. The van der Waals surface area contributed by atoms with E-state index in [1.165, 1.54) is 13.8 Å². The molecule has 0 aromatic heterocycles. The lowest BCUT2D eigenvalue weighted by Crippen LogP contribution is -2.63. The van der Waals surface area contributed by atoms with E-state index >= 15 is 0 Å². The van der Waals surface area contributed by atoms with Gasteiger partial charge in [-0.25, -0.2) is 18.5 Å². The van der Waals surface area contributed by atoms with Gasteiger partial charge in [-0.3, -0.25) is 85.5 Å². The highest BCUT2D eigenvalue weighted by Gasteiger charge is 2.41. The number of aliphatic hydroxyl groups excluding tert-OH is 1. The van der Waals surface area contributed by atoms with Crippen LogP contribution >= 0.6 is 23.5 Å². The van der Waals surface area contributed by atoms with Crippen molar-refractivity contribution in [2.75, 3.05) is 26.4 Å². The van der Waals surface area contributed by atoms with Crippen LogP contribution in [0, 0.1) is 5.92 Å². The Balaban J connectivity index is 7.56. The number of amides is 12. The summed E-state index contributed by atoms with van der Waals surface area (Å²) in [6, 6.07) is -23.2. The van der Waals surface area contributed by atoms with Gasteiger partial charge in [0.2, 0.25) is 70.9 Å². The van der Waals surface area contributed by atoms with Gasteiger partial charge in [-0.1, -0.05) is 13.8 Å². The first kappa shape index (κ1) is 90.7. The number of carbonyl (C=O) groups excluding carboxylic acids is 12. The maximum Gasteiger partial charge on any atom is 0.469 e. The number of carboxylic acid groups (broad SMARTS) is 4. The molecule has 0 aromatic carbocycles. The summed E-state index contributed by atoms with van der Waals surface area (Å²) < 4.78 is 49.4. The summed E-state index contributed by atoms with van der Waals surface area (Å²) in [6.07, 6.45) is -9.91. The Bertz CT molecular complexity index is 3020. The first-order chi connectivity index (χ1) is 45.6. The molecule has 0 fully saturated rings. The fourth-order valence-corrected chi connectivity index (χ4v) is 9.42. The Labute approximate surface area is 560 Å². The van der Waals surface area contributed by atoms with Crippen LogP contribution in [0.15, 0.2) is 0 Å². The maximum atomic E-state index is 14.3. The number of aliphatic carboxylic acids is 4. The van der Waals surface area contributed by atoms with Gasteiger partial charge in [0.25, 0.3) is 0 Å². The van der Waals surface area contributed by atoms with Crippen LogP contribution in [0.2, 0.25) is 0 Å². The van der Waals surface area contributed by atoms with Gasteiger partial charge in [0.1, 0.15) is 60.4 Å². The fraction of sp³-hybridized carbons (Fsp3) is 0.673. The molecule has 99 heavy (non-hydrogen) atoms. The zero-order valence-corrected chi connectivity index (χ0v) is 55.8. The van der Waals surface area contributed by atoms with E-state index in [0.717, 1.165) is 0 Å². The molecular formula is C49H85N14O33P3. The van der Waals surface area contributed by atoms with Crippen molar-refractivity contribution in [3.8, 4) is 0 Å². The molecular weight excluding hydrogens is 1410 g/mol. The van der Waals surface area contributed by atoms with Crippen molar-refractivity contribution in [2.24, 2.45) is 28.9 Å². The number of carbonyl (C=O) groups is 16. The van der Waals surface area contributed by atoms with E-state index in [9.17, 15) is 140 Å². The van der Waals surface area contributed by atoms with E-state index in [0.29, 0.717) is 13.3 Å². The number of nitrogens with one attached hydrogen (secondary N) is 10. The van der Waals surface area contributed by atoms with E-state index in [-0.39, 0.29) is 19.4 Å². The third kappa shape index (κ3) is 39.8. The highest BCUT2D eigenvalue weighted by atomic mass is 31.2. The number of rotatable bonds is 51. The Morgan fingerprint density at radius 3 is 1.16 bits per heavy atom. The van der Waals surface area contributed by atoms with Crippen LogP contribution < -0.4 is 76.1 Å². The minimum Gasteiger partial charge on any atom is -0.481 e. The standard InChI is InChI=1S/C49H85N14O33P3/c1-21(2)16-28(58-41(75)24(8-11-33(52)65)54-39(73)23(51)7-12-35(67)68)43(77)61-32(20-95-98(88,89)90)47(81)63-38(22(3)96-99(91,92)93)48(82)62-31(19-94-97(85,86)87)46(80)56-25(9-13-36(69)70)40(74)55-26(10-14-37(71)72)42(76)59-29(17-34(53)66)44(78)60-30(18-64)45(79)57-27(49(83)84)6-4-5-15-50/h21-32,38,64H,4-20,50-51H2,1-3H3,(H2,52,65)(H2,53,66)(H,54,73)(H,55,74)(H,56,80)(H,57,79)(H,58,75)(H,59,76)(H,60,78)(H,61,77)(H,62,82)(H,63,81)(H,67,68)(H,69,70)(H,71,72)(H,83,84)(H2,85,86,87)(H2,88,89,90)(H2,91,92,93)/t22-,23+,24+,25+,26+,27+,28+,29+,30+,31+,32+,38+/m1/s1. The number of carboxylic acids is 4. The van der Waals surface area contributed by atoms with E-state index in [2.05, 4.69) is 29.5 Å². The van der Waals surface area contributed by atoms with Crippen LogP contribution in [-0.2, 0) is 104 Å². The number of hydrogen-bond donors (Lipinski definition) is 25. The minimum absolute atomic E-state index is 0.157. The summed E-state index contributed by atoms with van der Waals surface area (Å²) >= 11 is 0. The lowest BCUT2D eigenvalue weighted by molar-refractivity contribution is -0.143. The first-order valence-electron chi connectivity index (χ1n) is 29.3. The number of hydrogen-bond acceptors (Lipinski definition) is 25. The molecule has 0 heterocycles. The molecule has 0 unspecified atom stereocenters. The van der Waals surface area contributed by atoms with Gasteiger partial charge >= 0.3 is 47.3 Å². The molecule has 0 rings (SSSR count). The quantitative estimate of drug-likeness (QED) is 0.0199. The average molecular weight is 1490 g/mol. The highest BCUT2D eigenvalue weighted by Crippen LogP contribution is 2.39. The lowest BCUT2D eigenvalue weighted by atomic mass is 10.0. The summed E-state index contributed by atoms with van der Waals surface area (Å²) in [5, 5.41) is 67.3. The van der Waals surface area contributed by atoms with Crippen LogP contribution in [0.4, 0.5) is 0 Å². The van der Waals surface area contributed by atoms with Crippen LogP contribution in [0.3, 0.4) is 0 Å². The fourth-order valence-electron chi connectivity index (χ4n) is 8.18. The molecule has 50 heteroatoms. The largest absolute Gasteiger partial charge is 0.481 e. The molecule has 0 aliphatic rings. The Hall–Kier alpha value is -8.27. The zero-order chi connectivity index (χ0) is 76.5. The number of aliphatic hydroxyl groups is 1. The molecule has 12 atom stereocenters. The van der Waals surface area contributed by atoms with Crippen molar-refractivity contribution in [1.29, 1.82) is 0 Å². The smallest absolute Gasteiger partial charge is 0.469 e.